The number of likely N-dealkylation sites (N-methyl/N-ethyl adjacent to an activating group) is 1. The Hall–Kier alpha value is -0.860. The fourth-order valence-electron chi connectivity index (χ4n) is 3.14. The summed E-state index contributed by atoms with van der Waals surface area (Å²) in [6.45, 7) is 0.887. The van der Waals surface area contributed by atoms with Gasteiger partial charge in [-0.25, -0.2) is 0 Å². The molecule has 0 aromatic heterocycles. The minimum Gasteiger partial charge on any atom is -0.377 e. The smallest absolute Gasteiger partial charge is 0.0727 e. The molecule has 0 radical (unpaired) electrons. The highest BCUT2D eigenvalue weighted by Gasteiger charge is 2.21. The predicted molar refractivity (Wildman–Crippen MR) is 85.1 cm³/mol. The van der Waals surface area contributed by atoms with Gasteiger partial charge in [-0.15, -0.1) is 0 Å². The number of ether oxygens (including phenoxy) is 1. The SMILES string of the molecule is CNC1CCCCCCC1OCCCc1ccccc1. The molecule has 2 heteroatoms. The Labute approximate surface area is 123 Å². The number of hydrogen-bond acceptors (Lipinski definition) is 2. The van der Waals surface area contributed by atoms with Crippen molar-refractivity contribution < 1.29 is 4.74 Å². The van der Waals surface area contributed by atoms with Crippen LogP contribution in [0.15, 0.2) is 30.3 Å². The summed E-state index contributed by atoms with van der Waals surface area (Å²) in [7, 11) is 2.08. The molecule has 1 N–H and O–H groups in total. The standard InChI is InChI=1S/C18H29NO/c1-19-17-13-7-2-3-8-14-18(17)20-15-9-12-16-10-5-4-6-11-16/h4-6,10-11,17-19H,2-3,7-9,12-15H2,1H3. The fraction of sp³-hybridized carbons (Fsp3) is 0.667. The van der Waals surface area contributed by atoms with Crippen LogP contribution in [0, 0.1) is 0 Å². The third-order valence-corrected chi connectivity index (χ3v) is 4.36. The lowest BCUT2D eigenvalue weighted by molar-refractivity contribution is 0.0142. The van der Waals surface area contributed by atoms with Gasteiger partial charge in [0.25, 0.3) is 0 Å². The van der Waals surface area contributed by atoms with E-state index in [2.05, 4.69) is 42.7 Å². The lowest BCUT2D eigenvalue weighted by Gasteiger charge is -2.29. The van der Waals surface area contributed by atoms with Gasteiger partial charge in [0.15, 0.2) is 0 Å². The molecule has 0 saturated heterocycles. The number of hydrogen-bond donors (Lipinski definition) is 1. The second-order valence-electron chi connectivity index (χ2n) is 5.89. The molecule has 1 saturated carbocycles. The van der Waals surface area contributed by atoms with Gasteiger partial charge >= 0.3 is 0 Å². The Morgan fingerprint density at radius 1 is 1.05 bits per heavy atom. The quantitative estimate of drug-likeness (QED) is 0.794. The van der Waals surface area contributed by atoms with Crippen LogP contribution in [0.5, 0.6) is 0 Å². The highest BCUT2D eigenvalue weighted by molar-refractivity contribution is 5.14. The van der Waals surface area contributed by atoms with Crippen LogP contribution in [0.4, 0.5) is 0 Å². The van der Waals surface area contributed by atoms with E-state index in [0.717, 1.165) is 19.4 Å². The maximum Gasteiger partial charge on any atom is 0.0727 e. The molecule has 0 spiro atoms. The first-order valence-corrected chi connectivity index (χ1v) is 8.23. The number of aryl methyl sites for hydroxylation is 1. The van der Waals surface area contributed by atoms with E-state index >= 15 is 0 Å². The van der Waals surface area contributed by atoms with E-state index < -0.39 is 0 Å². The van der Waals surface area contributed by atoms with Crippen molar-refractivity contribution >= 4 is 0 Å². The van der Waals surface area contributed by atoms with Gasteiger partial charge in [-0.3, -0.25) is 0 Å². The predicted octanol–water partition coefficient (Wildman–Crippen LogP) is 3.95. The minimum atomic E-state index is 0.413. The molecule has 1 aliphatic rings. The maximum absolute atomic E-state index is 6.18. The molecule has 1 aromatic rings. The Kier molecular flexibility index (Phi) is 7.10. The summed E-state index contributed by atoms with van der Waals surface area (Å²) in [5.41, 5.74) is 1.42. The summed E-state index contributed by atoms with van der Waals surface area (Å²) in [5.74, 6) is 0. The molecule has 112 valence electrons. The van der Waals surface area contributed by atoms with Crippen molar-refractivity contribution in [2.45, 2.75) is 63.5 Å². The molecular formula is C18H29NO. The van der Waals surface area contributed by atoms with Crippen LogP contribution in [0.25, 0.3) is 0 Å². The van der Waals surface area contributed by atoms with Crippen molar-refractivity contribution in [3.63, 3.8) is 0 Å². The van der Waals surface area contributed by atoms with Crippen molar-refractivity contribution in [3.8, 4) is 0 Å². The van der Waals surface area contributed by atoms with Crippen LogP contribution in [-0.2, 0) is 11.2 Å². The van der Waals surface area contributed by atoms with Gasteiger partial charge in [0.1, 0.15) is 0 Å². The fourth-order valence-corrected chi connectivity index (χ4v) is 3.14. The molecule has 2 atom stereocenters. The van der Waals surface area contributed by atoms with Crippen LogP contribution in [0.1, 0.15) is 50.5 Å². The number of nitrogens with one attached hydrogen (secondary N) is 1. The second-order valence-corrected chi connectivity index (χ2v) is 5.89. The molecule has 1 aromatic carbocycles. The summed E-state index contributed by atoms with van der Waals surface area (Å²) in [6.07, 6.45) is 10.6. The van der Waals surface area contributed by atoms with E-state index in [1.807, 2.05) is 0 Å². The molecule has 1 aliphatic carbocycles. The van der Waals surface area contributed by atoms with Crippen LogP contribution in [0.3, 0.4) is 0 Å². The van der Waals surface area contributed by atoms with E-state index in [-0.39, 0.29) is 0 Å². The zero-order valence-electron chi connectivity index (χ0n) is 12.8. The largest absolute Gasteiger partial charge is 0.377 e. The van der Waals surface area contributed by atoms with Gasteiger partial charge < -0.3 is 10.1 Å². The van der Waals surface area contributed by atoms with Gasteiger partial charge in [0.05, 0.1) is 6.10 Å². The topological polar surface area (TPSA) is 21.3 Å². The van der Waals surface area contributed by atoms with E-state index in [4.69, 9.17) is 4.74 Å². The van der Waals surface area contributed by atoms with Crippen LogP contribution in [-0.4, -0.2) is 25.8 Å². The Balaban J connectivity index is 1.70. The highest BCUT2D eigenvalue weighted by atomic mass is 16.5. The first-order valence-electron chi connectivity index (χ1n) is 8.23. The van der Waals surface area contributed by atoms with Gasteiger partial charge in [0, 0.05) is 12.6 Å². The van der Waals surface area contributed by atoms with E-state index in [9.17, 15) is 0 Å². The first-order chi connectivity index (χ1) is 9.90. The van der Waals surface area contributed by atoms with Crippen molar-refractivity contribution in [3.05, 3.63) is 35.9 Å². The molecule has 2 nitrogen and oxygen atoms in total. The number of benzene rings is 1. The third-order valence-electron chi connectivity index (χ3n) is 4.36. The van der Waals surface area contributed by atoms with Gasteiger partial charge in [-0.05, 0) is 38.3 Å². The lowest BCUT2D eigenvalue weighted by atomic mass is 9.94. The molecule has 2 unspecified atom stereocenters. The average molecular weight is 275 g/mol. The van der Waals surface area contributed by atoms with Crippen LogP contribution < -0.4 is 5.32 Å². The van der Waals surface area contributed by atoms with Crippen molar-refractivity contribution in [1.29, 1.82) is 0 Å². The van der Waals surface area contributed by atoms with Crippen molar-refractivity contribution in [2.75, 3.05) is 13.7 Å². The second kappa shape index (κ2) is 9.15. The molecule has 0 amide bonds. The zero-order chi connectivity index (χ0) is 14.0. The van der Waals surface area contributed by atoms with Crippen LogP contribution in [0.2, 0.25) is 0 Å². The monoisotopic (exact) mass is 275 g/mol. The van der Waals surface area contributed by atoms with Crippen molar-refractivity contribution in [1.82, 2.24) is 5.32 Å². The summed E-state index contributed by atoms with van der Waals surface area (Å²) in [6, 6.07) is 11.3. The average Bonchev–Trinajstić information content (AvgIpc) is 2.47. The summed E-state index contributed by atoms with van der Waals surface area (Å²) in [4.78, 5) is 0. The van der Waals surface area contributed by atoms with Crippen LogP contribution >= 0.6 is 0 Å². The van der Waals surface area contributed by atoms with Gasteiger partial charge in [-0.2, -0.15) is 0 Å². The first kappa shape index (κ1) is 15.5. The molecule has 2 rings (SSSR count). The number of rotatable bonds is 6. The van der Waals surface area contributed by atoms with Gasteiger partial charge in [-0.1, -0.05) is 56.0 Å². The molecule has 0 aliphatic heterocycles. The minimum absolute atomic E-state index is 0.413. The Morgan fingerprint density at radius 3 is 2.55 bits per heavy atom. The highest BCUT2D eigenvalue weighted by Crippen LogP contribution is 2.20. The Bertz CT molecular complexity index is 352. The summed E-state index contributed by atoms with van der Waals surface area (Å²) >= 11 is 0. The molecule has 1 fully saturated rings. The summed E-state index contributed by atoms with van der Waals surface area (Å²) in [5, 5.41) is 3.46. The van der Waals surface area contributed by atoms with Gasteiger partial charge in [0.2, 0.25) is 0 Å². The normalized spacial score (nSPS) is 24.1. The molecule has 20 heavy (non-hydrogen) atoms. The molecular weight excluding hydrogens is 246 g/mol. The zero-order valence-corrected chi connectivity index (χ0v) is 12.8. The Morgan fingerprint density at radius 2 is 1.80 bits per heavy atom. The van der Waals surface area contributed by atoms with Crippen molar-refractivity contribution in [2.24, 2.45) is 0 Å². The van der Waals surface area contributed by atoms with E-state index in [0.29, 0.717) is 12.1 Å². The molecule has 0 bridgehead atoms. The maximum atomic E-state index is 6.18. The lowest BCUT2D eigenvalue weighted by Crippen LogP contribution is -2.40. The third kappa shape index (κ3) is 5.26. The molecule has 0 heterocycles. The summed E-state index contributed by atoms with van der Waals surface area (Å²) < 4.78 is 6.18. The van der Waals surface area contributed by atoms with E-state index in [1.54, 1.807) is 0 Å². The van der Waals surface area contributed by atoms with E-state index in [1.165, 1.54) is 44.1 Å².